The summed E-state index contributed by atoms with van der Waals surface area (Å²) in [5, 5.41) is 0. The summed E-state index contributed by atoms with van der Waals surface area (Å²) >= 11 is 1.87. The first kappa shape index (κ1) is 15.6. The number of nitrogens with zero attached hydrogens (tertiary/aromatic N) is 2. The van der Waals surface area contributed by atoms with Crippen molar-refractivity contribution >= 4 is 22.9 Å². The molecule has 1 amide bonds. The average molecular weight is 353 g/mol. The van der Waals surface area contributed by atoms with Crippen LogP contribution in [0.2, 0.25) is 0 Å². The third-order valence-electron chi connectivity index (χ3n) is 6.03. The number of hydrogen-bond donors (Lipinski definition) is 0. The first-order valence-electron chi connectivity index (χ1n) is 9.35. The van der Waals surface area contributed by atoms with Gasteiger partial charge in [-0.05, 0) is 62.4 Å². The highest BCUT2D eigenvalue weighted by molar-refractivity contribution is 7.11. The molecule has 0 N–H and O–H groups in total. The molecule has 1 spiro atoms. The Morgan fingerprint density at radius 1 is 1.20 bits per heavy atom. The molecule has 1 aromatic heterocycles. The van der Waals surface area contributed by atoms with Gasteiger partial charge in [0, 0.05) is 35.1 Å². The molecule has 1 aliphatic carbocycles. The van der Waals surface area contributed by atoms with Gasteiger partial charge in [-0.15, -0.1) is 11.3 Å². The summed E-state index contributed by atoms with van der Waals surface area (Å²) in [6, 6.07) is 12.9. The third kappa shape index (κ3) is 2.54. The minimum absolute atomic E-state index is 0.308. The normalized spacial score (nSPS) is 26.0. The number of anilines is 1. The quantitative estimate of drug-likeness (QED) is 0.832. The van der Waals surface area contributed by atoms with Crippen LogP contribution in [0.5, 0.6) is 0 Å². The lowest BCUT2D eigenvalue weighted by molar-refractivity contribution is -0.122. The molecule has 5 rings (SSSR count). The van der Waals surface area contributed by atoms with Crippen molar-refractivity contribution in [3.63, 3.8) is 0 Å². The third-order valence-corrected chi connectivity index (χ3v) is 7.01. The van der Waals surface area contributed by atoms with E-state index in [0.29, 0.717) is 5.91 Å². The SMILES string of the molecule is Cc1ccc(CN2CC[C@@]3(C2)C(=O)N(CC2CC2)c2ccccc23)s1. The Bertz CT molecular complexity index is 825. The number of hydrogen-bond acceptors (Lipinski definition) is 3. The van der Waals surface area contributed by atoms with Gasteiger partial charge in [-0.3, -0.25) is 9.69 Å². The highest BCUT2D eigenvalue weighted by atomic mass is 32.1. The molecular formula is C21H24N2OS. The lowest BCUT2D eigenvalue weighted by Crippen LogP contribution is -2.43. The van der Waals surface area contributed by atoms with Crippen molar-refractivity contribution in [2.45, 2.75) is 38.1 Å². The van der Waals surface area contributed by atoms with Gasteiger partial charge in [0.25, 0.3) is 0 Å². The van der Waals surface area contributed by atoms with Gasteiger partial charge < -0.3 is 4.90 Å². The highest BCUT2D eigenvalue weighted by Gasteiger charge is 2.54. The van der Waals surface area contributed by atoms with E-state index in [1.165, 1.54) is 33.8 Å². The van der Waals surface area contributed by atoms with E-state index in [9.17, 15) is 4.79 Å². The molecule has 1 atom stereocenters. The molecule has 1 aromatic carbocycles. The number of benzene rings is 1. The number of amides is 1. The Labute approximate surface area is 153 Å². The predicted molar refractivity (Wildman–Crippen MR) is 102 cm³/mol. The molecular weight excluding hydrogens is 328 g/mol. The van der Waals surface area contributed by atoms with E-state index in [4.69, 9.17) is 0 Å². The first-order chi connectivity index (χ1) is 12.2. The fourth-order valence-electron chi connectivity index (χ4n) is 4.55. The van der Waals surface area contributed by atoms with E-state index in [-0.39, 0.29) is 5.41 Å². The molecule has 2 fully saturated rings. The molecule has 3 heterocycles. The molecule has 0 unspecified atom stereocenters. The van der Waals surface area contributed by atoms with Crippen LogP contribution >= 0.6 is 11.3 Å². The smallest absolute Gasteiger partial charge is 0.239 e. The summed E-state index contributed by atoms with van der Waals surface area (Å²) in [5.41, 5.74) is 2.14. The topological polar surface area (TPSA) is 23.6 Å². The van der Waals surface area contributed by atoms with Crippen LogP contribution in [-0.4, -0.2) is 30.4 Å². The summed E-state index contributed by atoms with van der Waals surface area (Å²) in [5.74, 6) is 1.07. The van der Waals surface area contributed by atoms with Crippen molar-refractivity contribution in [3.05, 3.63) is 51.7 Å². The standard InChI is InChI=1S/C21H24N2OS/c1-15-6-9-17(25-15)13-22-11-10-21(14-22)18-4-2-3-5-19(18)23(20(21)24)12-16-7-8-16/h2-6,9,16H,7-8,10-14H2,1H3/t21-/m0/s1. The van der Waals surface area contributed by atoms with E-state index in [2.05, 4.69) is 53.1 Å². The van der Waals surface area contributed by atoms with Crippen molar-refractivity contribution in [1.29, 1.82) is 0 Å². The molecule has 3 nitrogen and oxygen atoms in total. The van der Waals surface area contributed by atoms with E-state index in [0.717, 1.165) is 38.5 Å². The average Bonchev–Trinajstić information content (AvgIpc) is 3.12. The number of carbonyl (C=O) groups is 1. The molecule has 25 heavy (non-hydrogen) atoms. The van der Waals surface area contributed by atoms with Crippen molar-refractivity contribution < 1.29 is 4.79 Å². The molecule has 2 aliphatic heterocycles. The maximum Gasteiger partial charge on any atom is 0.239 e. The predicted octanol–water partition coefficient (Wildman–Crippen LogP) is 3.96. The van der Waals surface area contributed by atoms with Crippen molar-refractivity contribution in [1.82, 2.24) is 4.90 Å². The maximum absolute atomic E-state index is 13.5. The molecule has 0 bridgehead atoms. The summed E-state index contributed by atoms with van der Waals surface area (Å²) < 4.78 is 0. The fraction of sp³-hybridized carbons (Fsp3) is 0.476. The van der Waals surface area contributed by atoms with Gasteiger partial charge in [-0.1, -0.05) is 18.2 Å². The Morgan fingerprint density at radius 3 is 2.80 bits per heavy atom. The minimum atomic E-state index is -0.308. The van der Waals surface area contributed by atoms with Gasteiger partial charge in [-0.25, -0.2) is 0 Å². The van der Waals surface area contributed by atoms with Gasteiger partial charge in [0.2, 0.25) is 5.91 Å². The van der Waals surface area contributed by atoms with Gasteiger partial charge >= 0.3 is 0 Å². The van der Waals surface area contributed by atoms with E-state index in [1.54, 1.807) is 0 Å². The lowest BCUT2D eigenvalue weighted by atomic mass is 9.81. The second-order valence-electron chi connectivity index (χ2n) is 7.93. The Morgan fingerprint density at radius 2 is 2.04 bits per heavy atom. The van der Waals surface area contributed by atoms with Gasteiger partial charge in [-0.2, -0.15) is 0 Å². The first-order valence-corrected chi connectivity index (χ1v) is 10.2. The van der Waals surface area contributed by atoms with Gasteiger partial charge in [0.05, 0.1) is 5.41 Å². The number of aryl methyl sites for hydroxylation is 1. The summed E-state index contributed by atoms with van der Waals surface area (Å²) in [6.07, 6.45) is 3.51. The van der Waals surface area contributed by atoms with Gasteiger partial charge in [0.1, 0.15) is 0 Å². The van der Waals surface area contributed by atoms with E-state index >= 15 is 0 Å². The number of rotatable bonds is 4. The molecule has 130 valence electrons. The molecule has 2 aromatic rings. The van der Waals surface area contributed by atoms with Crippen molar-refractivity contribution in [2.24, 2.45) is 5.92 Å². The lowest BCUT2D eigenvalue weighted by Gasteiger charge is -2.24. The van der Waals surface area contributed by atoms with Crippen molar-refractivity contribution in [3.8, 4) is 0 Å². The number of para-hydroxylation sites is 1. The zero-order valence-corrected chi connectivity index (χ0v) is 15.5. The fourth-order valence-corrected chi connectivity index (χ4v) is 5.48. The van der Waals surface area contributed by atoms with Crippen LogP contribution in [0.3, 0.4) is 0 Å². The van der Waals surface area contributed by atoms with Gasteiger partial charge in [0.15, 0.2) is 0 Å². The monoisotopic (exact) mass is 352 g/mol. The summed E-state index contributed by atoms with van der Waals surface area (Å²) in [7, 11) is 0. The minimum Gasteiger partial charge on any atom is -0.311 e. The molecule has 4 heteroatoms. The molecule has 3 aliphatic rings. The van der Waals surface area contributed by atoms with E-state index in [1.807, 2.05) is 11.3 Å². The summed E-state index contributed by atoms with van der Waals surface area (Å²) in [4.78, 5) is 20.8. The molecule has 1 saturated carbocycles. The number of fused-ring (bicyclic) bond motifs is 2. The van der Waals surface area contributed by atoms with Crippen LogP contribution in [0.1, 0.15) is 34.6 Å². The Balaban J connectivity index is 1.43. The maximum atomic E-state index is 13.5. The zero-order valence-electron chi connectivity index (χ0n) is 14.7. The van der Waals surface area contributed by atoms with Crippen LogP contribution in [0, 0.1) is 12.8 Å². The van der Waals surface area contributed by atoms with Crippen LogP contribution in [0.15, 0.2) is 36.4 Å². The molecule has 1 saturated heterocycles. The van der Waals surface area contributed by atoms with Crippen LogP contribution in [0.4, 0.5) is 5.69 Å². The second kappa shape index (κ2) is 5.68. The van der Waals surface area contributed by atoms with E-state index < -0.39 is 0 Å². The van der Waals surface area contributed by atoms with Crippen LogP contribution < -0.4 is 4.90 Å². The van der Waals surface area contributed by atoms with Crippen molar-refractivity contribution in [2.75, 3.05) is 24.5 Å². The van der Waals surface area contributed by atoms with Crippen LogP contribution in [-0.2, 0) is 16.8 Å². The Hall–Kier alpha value is -1.65. The summed E-state index contributed by atoms with van der Waals surface area (Å²) in [6.45, 7) is 5.92. The molecule has 0 radical (unpaired) electrons. The zero-order chi connectivity index (χ0) is 17.0. The number of thiophene rings is 1. The Kier molecular flexibility index (Phi) is 3.54. The highest BCUT2D eigenvalue weighted by Crippen LogP contribution is 2.48. The second-order valence-corrected chi connectivity index (χ2v) is 9.30. The number of likely N-dealkylation sites (tertiary alicyclic amines) is 1. The van der Waals surface area contributed by atoms with Crippen LogP contribution in [0.25, 0.3) is 0 Å². The number of carbonyl (C=O) groups excluding carboxylic acids is 1. The largest absolute Gasteiger partial charge is 0.311 e.